The number of aliphatic imine (C=N–C) groups is 1. The number of halogens is 1. The van der Waals surface area contributed by atoms with Crippen LogP contribution in [0.15, 0.2) is 23.2 Å². The SMILES string of the molecule is CCNC(=NCC1CCN(S(C)(=O)=O)C1)Nc1ccc(OC)c(OCC)c1.I. The Balaban J connectivity index is 0.00000392. The van der Waals surface area contributed by atoms with Crippen molar-refractivity contribution < 1.29 is 17.9 Å². The maximum atomic E-state index is 11.6. The minimum Gasteiger partial charge on any atom is -0.493 e. The Morgan fingerprint density at radius 2 is 2.07 bits per heavy atom. The molecule has 1 aromatic rings. The minimum atomic E-state index is -3.12. The van der Waals surface area contributed by atoms with Crippen molar-refractivity contribution in [1.29, 1.82) is 0 Å². The maximum absolute atomic E-state index is 11.6. The normalized spacial score (nSPS) is 17.7. The number of anilines is 1. The molecule has 1 fully saturated rings. The fourth-order valence-electron chi connectivity index (χ4n) is 2.93. The Morgan fingerprint density at radius 1 is 1.32 bits per heavy atom. The number of methoxy groups -OCH3 is 1. The molecule has 0 aromatic heterocycles. The molecule has 1 aliphatic heterocycles. The summed E-state index contributed by atoms with van der Waals surface area (Å²) < 4.78 is 35.7. The lowest BCUT2D eigenvalue weighted by Gasteiger charge is -2.15. The molecule has 2 rings (SSSR count). The molecule has 0 aliphatic carbocycles. The van der Waals surface area contributed by atoms with Gasteiger partial charge in [0.05, 0.1) is 20.0 Å². The molecule has 2 N–H and O–H groups in total. The number of sulfonamides is 1. The summed E-state index contributed by atoms with van der Waals surface area (Å²) in [7, 11) is -1.51. The fraction of sp³-hybridized carbons (Fsp3) is 0.611. The predicted octanol–water partition coefficient (Wildman–Crippen LogP) is 2.37. The second-order valence-electron chi connectivity index (χ2n) is 6.42. The smallest absolute Gasteiger partial charge is 0.211 e. The summed E-state index contributed by atoms with van der Waals surface area (Å²) in [6.45, 7) is 6.85. The van der Waals surface area contributed by atoms with E-state index in [0.29, 0.717) is 43.7 Å². The van der Waals surface area contributed by atoms with Crippen LogP contribution in [0, 0.1) is 5.92 Å². The van der Waals surface area contributed by atoms with Gasteiger partial charge in [-0.05, 0) is 38.3 Å². The average molecular weight is 526 g/mol. The largest absolute Gasteiger partial charge is 0.493 e. The topological polar surface area (TPSA) is 92.3 Å². The number of nitrogens with one attached hydrogen (secondary N) is 2. The molecule has 1 aromatic carbocycles. The number of benzene rings is 1. The molecule has 0 saturated carbocycles. The van der Waals surface area contributed by atoms with Crippen LogP contribution in [0.5, 0.6) is 11.5 Å². The van der Waals surface area contributed by atoms with E-state index >= 15 is 0 Å². The second kappa shape index (κ2) is 11.7. The van der Waals surface area contributed by atoms with E-state index in [4.69, 9.17) is 9.47 Å². The molecule has 0 spiro atoms. The predicted molar refractivity (Wildman–Crippen MR) is 124 cm³/mol. The number of nitrogens with zero attached hydrogens (tertiary/aromatic N) is 2. The van der Waals surface area contributed by atoms with Crippen molar-refractivity contribution >= 4 is 45.6 Å². The Labute approximate surface area is 185 Å². The highest BCUT2D eigenvalue weighted by Gasteiger charge is 2.28. The Kier molecular flexibility index (Phi) is 10.3. The molecule has 8 nitrogen and oxygen atoms in total. The molecule has 1 unspecified atom stereocenters. The first kappa shape index (κ1) is 24.8. The van der Waals surface area contributed by atoms with Gasteiger partial charge >= 0.3 is 0 Å². The van der Waals surface area contributed by atoms with E-state index in [0.717, 1.165) is 18.7 Å². The van der Waals surface area contributed by atoms with Crippen LogP contribution in [0.3, 0.4) is 0 Å². The molecular weight excluding hydrogens is 495 g/mol. The number of rotatable bonds is 8. The standard InChI is InChI=1S/C18H30N4O4S.HI/c1-5-19-18(20-12-14-9-10-22(13-14)27(4,23)24)21-15-7-8-16(25-3)17(11-15)26-6-2;/h7-8,11,14H,5-6,9-10,12-13H2,1-4H3,(H2,19,20,21);1H. The molecule has 1 saturated heterocycles. The van der Waals surface area contributed by atoms with Crippen molar-refractivity contribution in [2.75, 3.05) is 51.5 Å². The van der Waals surface area contributed by atoms with Crippen LogP contribution < -0.4 is 20.1 Å². The van der Waals surface area contributed by atoms with Gasteiger partial charge in [-0.25, -0.2) is 12.7 Å². The highest BCUT2D eigenvalue weighted by molar-refractivity contribution is 14.0. The van der Waals surface area contributed by atoms with Crippen LogP contribution in [0.4, 0.5) is 5.69 Å². The van der Waals surface area contributed by atoms with Crippen LogP contribution in [0.2, 0.25) is 0 Å². The van der Waals surface area contributed by atoms with Gasteiger partial charge in [0, 0.05) is 37.9 Å². The van der Waals surface area contributed by atoms with Crippen molar-refractivity contribution in [1.82, 2.24) is 9.62 Å². The first-order chi connectivity index (χ1) is 12.9. The Hall–Kier alpha value is -1.27. The third-order valence-electron chi connectivity index (χ3n) is 4.30. The van der Waals surface area contributed by atoms with E-state index in [9.17, 15) is 8.42 Å². The van der Waals surface area contributed by atoms with E-state index in [1.165, 1.54) is 10.6 Å². The second-order valence-corrected chi connectivity index (χ2v) is 8.40. The van der Waals surface area contributed by atoms with Gasteiger partial charge in [-0.2, -0.15) is 0 Å². The molecule has 1 atom stereocenters. The number of hydrogen-bond acceptors (Lipinski definition) is 5. The van der Waals surface area contributed by atoms with Crippen LogP contribution in [-0.4, -0.2) is 64.8 Å². The van der Waals surface area contributed by atoms with Gasteiger partial charge in [0.2, 0.25) is 10.0 Å². The van der Waals surface area contributed by atoms with Crippen molar-refractivity contribution in [3.8, 4) is 11.5 Å². The summed E-state index contributed by atoms with van der Waals surface area (Å²) in [6, 6.07) is 5.61. The van der Waals surface area contributed by atoms with Gasteiger partial charge in [0.15, 0.2) is 17.5 Å². The average Bonchev–Trinajstić information content (AvgIpc) is 3.10. The van der Waals surface area contributed by atoms with E-state index in [1.807, 2.05) is 32.0 Å². The van der Waals surface area contributed by atoms with E-state index in [2.05, 4.69) is 15.6 Å². The fourth-order valence-corrected chi connectivity index (χ4v) is 3.85. The highest BCUT2D eigenvalue weighted by atomic mass is 127. The number of guanidine groups is 1. The number of hydrogen-bond donors (Lipinski definition) is 2. The molecule has 1 heterocycles. The third kappa shape index (κ3) is 7.28. The summed E-state index contributed by atoms with van der Waals surface area (Å²) in [5, 5.41) is 6.48. The van der Waals surface area contributed by atoms with Crippen molar-refractivity contribution in [3.63, 3.8) is 0 Å². The van der Waals surface area contributed by atoms with Gasteiger partial charge in [-0.3, -0.25) is 4.99 Å². The van der Waals surface area contributed by atoms with Crippen LogP contribution >= 0.6 is 24.0 Å². The van der Waals surface area contributed by atoms with Crippen molar-refractivity contribution in [2.45, 2.75) is 20.3 Å². The van der Waals surface area contributed by atoms with Crippen molar-refractivity contribution in [2.24, 2.45) is 10.9 Å². The van der Waals surface area contributed by atoms with Crippen LogP contribution in [-0.2, 0) is 10.0 Å². The zero-order chi connectivity index (χ0) is 19.9. The zero-order valence-corrected chi connectivity index (χ0v) is 20.0. The van der Waals surface area contributed by atoms with Gasteiger partial charge in [0.25, 0.3) is 0 Å². The maximum Gasteiger partial charge on any atom is 0.211 e. The summed E-state index contributed by atoms with van der Waals surface area (Å²) in [4.78, 5) is 4.63. The third-order valence-corrected chi connectivity index (χ3v) is 5.57. The first-order valence-corrected chi connectivity index (χ1v) is 11.0. The highest BCUT2D eigenvalue weighted by Crippen LogP contribution is 2.30. The quantitative estimate of drug-likeness (QED) is 0.307. The molecule has 28 heavy (non-hydrogen) atoms. The molecule has 0 radical (unpaired) electrons. The van der Waals surface area contributed by atoms with Crippen LogP contribution in [0.1, 0.15) is 20.3 Å². The van der Waals surface area contributed by atoms with Crippen molar-refractivity contribution in [3.05, 3.63) is 18.2 Å². The lowest BCUT2D eigenvalue weighted by molar-refractivity contribution is 0.311. The van der Waals surface area contributed by atoms with Gasteiger partial charge in [0.1, 0.15) is 0 Å². The molecule has 0 amide bonds. The molecule has 160 valence electrons. The summed E-state index contributed by atoms with van der Waals surface area (Å²) in [5.41, 5.74) is 0.836. The van der Waals surface area contributed by atoms with E-state index in [1.54, 1.807) is 7.11 Å². The van der Waals surface area contributed by atoms with E-state index < -0.39 is 10.0 Å². The summed E-state index contributed by atoms with van der Waals surface area (Å²) in [5.74, 6) is 2.23. The molecule has 0 bridgehead atoms. The summed E-state index contributed by atoms with van der Waals surface area (Å²) in [6.07, 6.45) is 2.08. The van der Waals surface area contributed by atoms with Gasteiger partial charge in [-0.1, -0.05) is 0 Å². The molecule has 10 heteroatoms. The monoisotopic (exact) mass is 526 g/mol. The Morgan fingerprint density at radius 3 is 2.64 bits per heavy atom. The summed E-state index contributed by atoms with van der Waals surface area (Å²) >= 11 is 0. The molecular formula is C18H31IN4O4S. The van der Waals surface area contributed by atoms with Crippen LogP contribution in [0.25, 0.3) is 0 Å². The molecule has 1 aliphatic rings. The zero-order valence-electron chi connectivity index (χ0n) is 16.9. The van der Waals surface area contributed by atoms with E-state index in [-0.39, 0.29) is 29.9 Å². The number of ether oxygens (including phenoxy) is 2. The lowest BCUT2D eigenvalue weighted by atomic mass is 10.1. The van der Waals surface area contributed by atoms with Gasteiger partial charge < -0.3 is 20.1 Å². The minimum absolute atomic E-state index is 0. The first-order valence-electron chi connectivity index (χ1n) is 9.18. The van der Waals surface area contributed by atoms with Gasteiger partial charge in [-0.15, -0.1) is 24.0 Å². The Bertz CT molecular complexity index is 758. The lowest BCUT2D eigenvalue weighted by Crippen LogP contribution is -2.32.